The first-order valence-electron chi connectivity index (χ1n) is 10.5. The second-order valence-electron chi connectivity index (χ2n) is 8.26. The lowest BCUT2D eigenvalue weighted by Crippen LogP contribution is -2.45. The smallest absolute Gasteiger partial charge is 0.313 e. The van der Waals surface area contributed by atoms with E-state index in [0.717, 1.165) is 37.8 Å². The number of hydrogen-bond donors (Lipinski definition) is 0. The Balaban J connectivity index is 1.32. The maximum absolute atomic E-state index is 12.3. The molecule has 0 radical (unpaired) electrons. The highest BCUT2D eigenvalue weighted by molar-refractivity contribution is 5.77. The van der Waals surface area contributed by atoms with E-state index < -0.39 is 0 Å². The van der Waals surface area contributed by atoms with Crippen LogP contribution in [0.5, 0.6) is 0 Å². The zero-order chi connectivity index (χ0) is 19.9. The average molecular weight is 382 g/mol. The topological polar surface area (TPSA) is 33.2 Å². The minimum absolute atomic E-state index is 0.121. The summed E-state index contributed by atoms with van der Waals surface area (Å²) in [6.07, 6.45) is 8.39. The summed E-state index contributed by atoms with van der Waals surface area (Å²) in [6.45, 7) is 7.99. The number of unbranched alkanes of at least 4 members (excludes halogenated alkanes) is 1. The van der Waals surface area contributed by atoms with E-state index in [-0.39, 0.29) is 11.9 Å². The van der Waals surface area contributed by atoms with Crippen molar-refractivity contribution in [2.24, 2.45) is 5.92 Å². The summed E-state index contributed by atoms with van der Waals surface area (Å²) in [5.74, 6) is 0.313. The molecule has 4 heteroatoms. The summed E-state index contributed by atoms with van der Waals surface area (Å²) in [5, 5.41) is 2.34. The van der Waals surface area contributed by atoms with Gasteiger partial charge in [0.25, 0.3) is 0 Å². The van der Waals surface area contributed by atoms with Gasteiger partial charge in [0.15, 0.2) is 12.4 Å². The van der Waals surface area contributed by atoms with Gasteiger partial charge in [-0.1, -0.05) is 48.9 Å². The van der Waals surface area contributed by atoms with Crippen LogP contribution < -0.4 is 9.69 Å². The summed E-state index contributed by atoms with van der Waals surface area (Å²) in [5.41, 5.74) is 2.35. The summed E-state index contributed by atoms with van der Waals surface area (Å²) in [7, 11) is 0. The van der Waals surface area contributed by atoms with Crippen molar-refractivity contribution in [1.29, 1.82) is 0 Å². The second kappa shape index (κ2) is 9.72. The first-order chi connectivity index (χ1) is 13.5. The van der Waals surface area contributed by atoms with Crippen molar-refractivity contribution in [1.82, 2.24) is 0 Å². The Morgan fingerprint density at radius 2 is 1.82 bits per heavy atom. The molecule has 2 unspecified atom stereocenters. The second-order valence-corrected chi connectivity index (χ2v) is 8.26. The first-order valence-corrected chi connectivity index (χ1v) is 10.5. The van der Waals surface area contributed by atoms with Gasteiger partial charge in [0.05, 0.1) is 19.1 Å². The van der Waals surface area contributed by atoms with Gasteiger partial charge in [-0.3, -0.25) is 4.79 Å². The fourth-order valence-electron chi connectivity index (χ4n) is 3.58. The SMILES string of the molecule is CC(C)Cc1ccc(C(C)C(=O)OCCCCC2CN2[n+]2ccccc2)cc1. The summed E-state index contributed by atoms with van der Waals surface area (Å²) >= 11 is 0. The molecule has 0 bridgehead atoms. The number of carbonyl (C=O) groups is 1. The number of ether oxygens (including phenoxy) is 1. The van der Waals surface area contributed by atoms with Gasteiger partial charge in [-0.25, -0.2) is 0 Å². The molecule has 0 saturated carbocycles. The van der Waals surface area contributed by atoms with Crippen molar-refractivity contribution in [3.05, 3.63) is 66.0 Å². The maximum atomic E-state index is 12.3. The molecule has 2 aromatic rings. The van der Waals surface area contributed by atoms with Crippen molar-refractivity contribution < 1.29 is 14.2 Å². The third-order valence-electron chi connectivity index (χ3n) is 5.34. The van der Waals surface area contributed by atoms with Crippen LogP contribution in [0, 0.1) is 5.92 Å². The van der Waals surface area contributed by atoms with Crippen LogP contribution in [0.25, 0.3) is 0 Å². The largest absolute Gasteiger partial charge is 0.465 e. The van der Waals surface area contributed by atoms with Gasteiger partial charge in [-0.2, -0.15) is 5.01 Å². The average Bonchev–Trinajstić information content (AvgIpc) is 3.47. The summed E-state index contributed by atoms with van der Waals surface area (Å²) in [6, 6.07) is 15.1. The number of aromatic nitrogens is 1. The number of esters is 1. The molecular weight excluding hydrogens is 348 g/mol. The van der Waals surface area contributed by atoms with Crippen LogP contribution in [0.1, 0.15) is 57.1 Å². The molecule has 2 atom stereocenters. The molecule has 1 aliphatic rings. The van der Waals surface area contributed by atoms with E-state index in [2.05, 4.69) is 60.2 Å². The molecule has 150 valence electrons. The predicted octanol–water partition coefficient (Wildman–Crippen LogP) is 4.01. The molecule has 0 amide bonds. The Labute approximate surface area is 169 Å². The van der Waals surface area contributed by atoms with E-state index in [1.165, 1.54) is 5.56 Å². The molecule has 1 fully saturated rings. The zero-order valence-electron chi connectivity index (χ0n) is 17.4. The van der Waals surface area contributed by atoms with E-state index in [9.17, 15) is 4.79 Å². The number of benzene rings is 1. The number of pyridine rings is 1. The third kappa shape index (κ3) is 5.82. The maximum Gasteiger partial charge on any atom is 0.313 e. The van der Waals surface area contributed by atoms with Crippen LogP contribution in [0.2, 0.25) is 0 Å². The van der Waals surface area contributed by atoms with Crippen LogP contribution in [0.4, 0.5) is 0 Å². The minimum atomic E-state index is -0.207. The number of rotatable bonds is 10. The van der Waals surface area contributed by atoms with E-state index in [1.807, 2.05) is 25.1 Å². The molecule has 0 spiro atoms. The zero-order valence-corrected chi connectivity index (χ0v) is 17.4. The van der Waals surface area contributed by atoms with Crippen molar-refractivity contribution >= 4 is 5.97 Å². The molecule has 28 heavy (non-hydrogen) atoms. The minimum Gasteiger partial charge on any atom is -0.465 e. The van der Waals surface area contributed by atoms with Gasteiger partial charge in [0, 0.05) is 12.1 Å². The lowest BCUT2D eigenvalue weighted by Gasteiger charge is -2.13. The summed E-state index contributed by atoms with van der Waals surface area (Å²) in [4.78, 5) is 12.3. The van der Waals surface area contributed by atoms with E-state index in [1.54, 1.807) is 0 Å². The number of nitrogens with zero attached hydrogens (tertiary/aromatic N) is 2. The van der Waals surface area contributed by atoms with Crippen LogP contribution >= 0.6 is 0 Å². The van der Waals surface area contributed by atoms with Gasteiger partial charge < -0.3 is 4.74 Å². The van der Waals surface area contributed by atoms with Crippen LogP contribution in [-0.4, -0.2) is 25.2 Å². The molecule has 1 saturated heterocycles. The highest BCUT2D eigenvalue weighted by Gasteiger charge is 2.40. The Morgan fingerprint density at radius 3 is 2.50 bits per heavy atom. The first kappa shape index (κ1) is 20.4. The molecule has 4 nitrogen and oxygen atoms in total. The molecule has 0 N–H and O–H groups in total. The number of carbonyl (C=O) groups excluding carboxylic acids is 1. The quantitative estimate of drug-likeness (QED) is 0.270. The van der Waals surface area contributed by atoms with Crippen molar-refractivity contribution in [3.63, 3.8) is 0 Å². The fraction of sp³-hybridized carbons (Fsp3) is 0.500. The highest BCUT2D eigenvalue weighted by atomic mass is 16.5. The third-order valence-corrected chi connectivity index (χ3v) is 5.34. The molecule has 3 rings (SSSR count). The molecule has 2 heterocycles. The van der Waals surface area contributed by atoms with Crippen molar-refractivity contribution in [3.8, 4) is 0 Å². The van der Waals surface area contributed by atoms with E-state index >= 15 is 0 Å². The van der Waals surface area contributed by atoms with E-state index in [0.29, 0.717) is 18.6 Å². The normalized spacial score (nSPS) is 16.9. The Bertz CT molecular complexity index is 743. The Hall–Kier alpha value is -2.36. The van der Waals surface area contributed by atoms with E-state index in [4.69, 9.17) is 4.74 Å². The fourth-order valence-corrected chi connectivity index (χ4v) is 3.58. The van der Waals surface area contributed by atoms with Gasteiger partial charge in [0.1, 0.15) is 6.04 Å². The molecule has 1 aromatic carbocycles. The van der Waals surface area contributed by atoms with Gasteiger partial charge in [-0.05, 0) is 49.7 Å². The molecule has 1 aromatic heterocycles. The standard InChI is InChI=1S/C24H33N2O2/c1-19(2)17-21-10-12-22(13-11-21)20(3)24(27)28-16-8-5-9-23-18-26(23)25-14-6-4-7-15-25/h4,6-7,10-15,19-20,23H,5,8-9,16-18H2,1-3H3/q+1. The molecular formula is C24H33N2O2+. The lowest BCUT2D eigenvalue weighted by atomic mass is 9.97. The van der Waals surface area contributed by atoms with Crippen LogP contribution in [0.3, 0.4) is 0 Å². The molecule has 1 aliphatic heterocycles. The number of hydrogen-bond acceptors (Lipinski definition) is 3. The summed E-state index contributed by atoms with van der Waals surface area (Å²) < 4.78 is 7.66. The van der Waals surface area contributed by atoms with Crippen molar-refractivity contribution in [2.75, 3.05) is 18.2 Å². The Kier molecular flexibility index (Phi) is 7.07. The lowest BCUT2D eigenvalue weighted by molar-refractivity contribution is -0.677. The van der Waals surface area contributed by atoms with Crippen LogP contribution in [0.15, 0.2) is 54.9 Å². The van der Waals surface area contributed by atoms with Gasteiger partial charge in [-0.15, -0.1) is 0 Å². The Morgan fingerprint density at radius 1 is 1.11 bits per heavy atom. The monoisotopic (exact) mass is 381 g/mol. The molecule has 0 aliphatic carbocycles. The predicted molar refractivity (Wildman–Crippen MR) is 112 cm³/mol. The van der Waals surface area contributed by atoms with Gasteiger partial charge >= 0.3 is 5.97 Å². The highest BCUT2D eigenvalue weighted by Crippen LogP contribution is 2.20. The van der Waals surface area contributed by atoms with Crippen LogP contribution in [-0.2, 0) is 16.0 Å². The van der Waals surface area contributed by atoms with Gasteiger partial charge in [0.2, 0.25) is 0 Å². The van der Waals surface area contributed by atoms with Crippen molar-refractivity contribution in [2.45, 2.75) is 58.4 Å².